The Balaban J connectivity index is 3.24. The Hall–Kier alpha value is -0.440. The molecule has 0 aliphatic carbocycles. The van der Waals surface area contributed by atoms with Crippen LogP contribution in [0.25, 0.3) is 0 Å². The highest BCUT2D eigenvalue weighted by Gasteiger charge is 2.03. The first-order chi connectivity index (χ1) is 5.15. The molecule has 0 fully saturated rings. The van der Waals surface area contributed by atoms with Crippen LogP contribution in [0.15, 0.2) is 12.1 Å². The first kappa shape index (κ1) is 8.65. The van der Waals surface area contributed by atoms with Gasteiger partial charge in [-0.15, -0.1) is 0 Å². The first-order valence-corrected chi connectivity index (χ1v) is 3.84. The van der Waals surface area contributed by atoms with Crippen LogP contribution in [0, 0.1) is 0 Å². The van der Waals surface area contributed by atoms with E-state index in [0.717, 1.165) is 5.56 Å². The van der Waals surface area contributed by atoms with Crippen LogP contribution < -0.4 is 11.5 Å². The van der Waals surface area contributed by atoms with Gasteiger partial charge in [-0.25, -0.2) is 0 Å². The molecule has 0 aliphatic heterocycles. The number of nitrogen functional groups attached to an aromatic ring is 1. The summed E-state index contributed by atoms with van der Waals surface area (Å²) in [4.78, 5) is 0. The van der Waals surface area contributed by atoms with Crippen molar-refractivity contribution in [1.82, 2.24) is 0 Å². The Morgan fingerprint density at radius 3 is 2.45 bits per heavy atom. The molecule has 2 nitrogen and oxygen atoms in total. The molecular formula is C7H8Cl2N2. The highest BCUT2D eigenvalue weighted by Crippen LogP contribution is 2.26. The van der Waals surface area contributed by atoms with E-state index in [-0.39, 0.29) is 0 Å². The molecule has 0 saturated heterocycles. The molecular weight excluding hydrogens is 183 g/mol. The number of benzene rings is 1. The second-order valence-electron chi connectivity index (χ2n) is 2.16. The van der Waals surface area contributed by atoms with Gasteiger partial charge in [-0.1, -0.05) is 23.2 Å². The molecule has 0 amide bonds. The van der Waals surface area contributed by atoms with Crippen LogP contribution in [0.3, 0.4) is 0 Å². The van der Waals surface area contributed by atoms with Crippen molar-refractivity contribution in [3.05, 3.63) is 27.7 Å². The van der Waals surface area contributed by atoms with Gasteiger partial charge < -0.3 is 11.5 Å². The second kappa shape index (κ2) is 3.30. The normalized spacial score (nSPS) is 10.1. The van der Waals surface area contributed by atoms with E-state index in [0.29, 0.717) is 22.3 Å². The van der Waals surface area contributed by atoms with Crippen molar-refractivity contribution in [3.8, 4) is 0 Å². The van der Waals surface area contributed by atoms with E-state index in [4.69, 9.17) is 34.7 Å². The zero-order valence-corrected chi connectivity index (χ0v) is 7.28. The topological polar surface area (TPSA) is 52.0 Å². The average molecular weight is 191 g/mol. The number of halogens is 2. The Morgan fingerprint density at radius 2 is 1.91 bits per heavy atom. The largest absolute Gasteiger partial charge is 0.397 e. The molecule has 0 spiro atoms. The monoisotopic (exact) mass is 190 g/mol. The lowest BCUT2D eigenvalue weighted by Crippen LogP contribution is -2.01. The Kier molecular flexibility index (Phi) is 2.60. The van der Waals surface area contributed by atoms with Crippen molar-refractivity contribution in [2.45, 2.75) is 6.54 Å². The minimum atomic E-state index is 0.353. The van der Waals surface area contributed by atoms with Crippen molar-refractivity contribution in [2.75, 3.05) is 5.73 Å². The molecule has 4 N–H and O–H groups in total. The molecule has 0 aliphatic rings. The number of anilines is 1. The fourth-order valence-corrected chi connectivity index (χ4v) is 1.34. The minimum Gasteiger partial charge on any atom is -0.397 e. The fraction of sp³-hybridized carbons (Fsp3) is 0.143. The third kappa shape index (κ3) is 1.77. The maximum absolute atomic E-state index is 5.73. The quantitative estimate of drug-likeness (QED) is 0.667. The van der Waals surface area contributed by atoms with Gasteiger partial charge >= 0.3 is 0 Å². The lowest BCUT2D eigenvalue weighted by atomic mass is 10.2. The van der Waals surface area contributed by atoms with Crippen molar-refractivity contribution >= 4 is 28.9 Å². The van der Waals surface area contributed by atoms with Crippen LogP contribution in [-0.2, 0) is 6.54 Å². The third-order valence-corrected chi connectivity index (χ3v) is 1.93. The van der Waals surface area contributed by atoms with Gasteiger partial charge in [0.2, 0.25) is 0 Å². The second-order valence-corrected chi connectivity index (χ2v) is 3.01. The molecule has 1 aromatic rings. The van der Waals surface area contributed by atoms with Crippen LogP contribution in [0.2, 0.25) is 10.0 Å². The zero-order chi connectivity index (χ0) is 8.43. The molecule has 0 bridgehead atoms. The summed E-state index contributed by atoms with van der Waals surface area (Å²) in [6.07, 6.45) is 0. The fourth-order valence-electron chi connectivity index (χ4n) is 0.807. The van der Waals surface area contributed by atoms with Crippen molar-refractivity contribution < 1.29 is 0 Å². The van der Waals surface area contributed by atoms with E-state index in [1.807, 2.05) is 0 Å². The van der Waals surface area contributed by atoms with Gasteiger partial charge in [0.15, 0.2) is 0 Å². The van der Waals surface area contributed by atoms with Gasteiger partial charge in [0, 0.05) is 11.6 Å². The SMILES string of the molecule is NCc1cc(Cl)cc(Cl)c1N. The summed E-state index contributed by atoms with van der Waals surface area (Å²) in [5.41, 5.74) is 12.3. The van der Waals surface area contributed by atoms with Crippen molar-refractivity contribution in [1.29, 1.82) is 0 Å². The lowest BCUT2D eigenvalue weighted by molar-refractivity contribution is 1.08. The minimum absolute atomic E-state index is 0.353. The van der Waals surface area contributed by atoms with Crippen molar-refractivity contribution in [3.63, 3.8) is 0 Å². The summed E-state index contributed by atoms with van der Waals surface area (Å²) >= 11 is 11.4. The van der Waals surface area contributed by atoms with Gasteiger partial charge in [0.25, 0.3) is 0 Å². The summed E-state index contributed by atoms with van der Waals surface area (Å²) in [5.74, 6) is 0. The van der Waals surface area contributed by atoms with Gasteiger partial charge in [-0.3, -0.25) is 0 Å². The first-order valence-electron chi connectivity index (χ1n) is 3.08. The number of rotatable bonds is 1. The standard InChI is InChI=1S/C7H8Cl2N2/c8-5-1-4(3-10)7(11)6(9)2-5/h1-2H,3,10-11H2. The maximum Gasteiger partial charge on any atom is 0.0653 e. The number of nitrogens with two attached hydrogens (primary N) is 2. The van der Waals surface area contributed by atoms with Crippen LogP contribution in [0.5, 0.6) is 0 Å². The summed E-state index contributed by atoms with van der Waals surface area (Å²) < 4.78 is 0. The van der Waals surface area contributed by atoms with Crippen LogP contribution in [0.4, 0.5) is 5.69 Å². The highest BCUT2D eigenvalue weighted by molar-refractivity contribution is 6.36. The third-order valence-electron chi connectivity index (χ3n) is 1.40. The lowest BCUT2D eigenvalue weighted by Gasteiger charge is -2.04. The van der Waals surface area contributed by atoms with Gasteiger partial charge in [0.1, 0.15) is 0 Å². The predicted octanol–water partition coefficient (Wildman–Crippen LogP) is 2.03. The molecule has 0 heterocycles. The molecule has 1 aromatic carbocycles. The average Bonchev–Trinajstić information content (AvgIpc) is 1.96. The Labute approximate surface area is 75.1 Å². The van der Waals surface area contributed by atoms with E-state index >= 15 is 0 Å². The summed E-state index contributed by atoms with van der Waals surface area (Å²) in [6.45, 7) is 0.353. The summed E-state index contributed by atoms with van der Waals surface area (Å²) in [6, 6.07) is 3.31. The van der Waals surface area contributed by atoms with E-state index in [1.54, 1.807) is 12.1 Å². The van der Waals surface area contributed by atoms with E-state index in [9.17, 15) is 0 Å². The smallest absolute Gasteiger partial charge is 0.0653 e. The molecule has 0 unspecified atom stereocenters. The number of hydrogen-bond donors (Lipinski definition) is 2. The van der Waals surface area contributed by atoms with Crippen molar-refractivity contribution in [2.24, 2.45) is 5.73 Å². The molecule has 60 valence electrons. The molecule has 4 heteroatoms. The molecule has 11 heavy (non-hydrogen) atoms. The predicted molar refractivity (Wildman–Crippen MR) is 48.8 cm³/mol. The summed E-state index contributed by atoms with van der Waals surface area (Å²) in [5, 5.41) is 1.02. The van der Waals surface area contributed by atoms with Gasteiger partial charge in [0.05, 0.1) is 10.7 Å². The van der Waals surface area contributed by atoms with E-state index in [2.05, 4.69) is 0 Å². The summed E-state index contributed by atoms with van der Waals surface area (Å²) in [7, 11) is 0. The molecule has 0 saturated carbocycles. The van der Waals surface area contributed by atoms with Gasteiger partial charge in [-0.05, 0) is 17.7 Å². The Morgan fingerprint density at radius 1 is 1.27 bits per heavy atom. The molecule has 0 radical (unpaired) electrons. The van der Waals surface area contributed by atoms with E-state index < -0.39 is 0 Å². The van der Waals surface area contributed by atoms with E-state index in [1.165, 1.54) is 0 Å². The molecule has 0 aromatic heterocycles. The maximum atomic E-state index is 5.73. The van der Waals surface area contributed by atoms with Crippen LogP contribution in [0.1, 0.15) is 5.56 Å². The van der Waals surface area contributed by atoms with Crippen LogP contribution in [-0.4, -0.2) is 0 Å². The molecule has 0 atom stereocenters. The molecule has 1 rings (SSSR count). The zero-order valence-electron chi connectivity index (χ0n) is 5.77. The Bertz CT molecular complexity index is 273. The van der Waals surface area contributed by atoms with Gasteiger partial charge in [-0.2, -0.15) is 0 Å². The highest BCUT2D eigenvalue weighted by atomic mass is 35.5. The number of hydrogen-bond acceptors (Lipinski definition) is 2. The van der Waals surface area contributed by atoms with Crippen LogP contribution >= 0.6 is 23.2 Å².